The second-order valence-electron chi connectivity index (χ2n) is 4.42. The molecule has 0 aliphatic heterocycles. The molecule has 2 aromatic rings. The summed E-state index contributed by atoms with van der Waals surface area (Å²) >= 11 is 0. The van der Waals surface area contributed by atoms with E-state index in [1.165, 1.54) is 7.11 Å². The predicted octanol–water partition coefficient (Wildman–Crippen LogP) is 2.43. The Bertz CT molecular complexity index is 618. The van der Waals surface area contributed by atoms with Gasteiger partial charge in [-0.15, -0.1) is 0 Å². The van der Waals surface area contributed by atoms with Crippen molar-refractivity contribution in [1.29, 1.82) is 0 Å². The molecule has 0 bridgehead atoms. The van der Waals surface area contributed by atoms with Crippen LogP contribution in [0.15, 0.2) is 34.7 Å². The molecule has 0 fully saturated rings. The lowest BCUT2D eigenvalue weighted by Gasteiger charge is -2.14. The summed E-state index contributed by atoms with van der Waals surface area (Å²) in [7, 11) is 2.89. The van der Waals surface area contributed by atoms with E-state index in [1.54, 1.807) is 19.2 Å². The molecule has 0 saturated heterocycles. The van der Waals surface area contributed by atoms with E-state index < -0.39 is 12.0 Å². The monoisotopic (exact) mass is 275 g/mol. The van der Waals surface area contributed by atoms with E-state index >= 15 is 0 Å². The third-order valence-electron chi connectivity index (χ3n) is 3.04. The summed E-state index contributed by atoms with van der Waals surface area (Å²) in [4.78, 5) is 11.4. The van der Waals surface area contributed by atoms with Crippen molar-refractivity contribution in [3.8, 4) is 5.75 Å². The third-order valence-corrected chi connectivity index (χ3v) is 3.04. The SMILES string of the molecule is COC(=O)c1ccc(C(N)c2cc(C)ccc2OC)o1. The molecule has 0 aliphatic rings. The zero-order valence-corrected chi connectivity index (χ0v) is 11.7. The average Bonchev–Trinajstić information content (AvgIpc) is 2.95. The lowest BCUT2D eigenvalue weighted by molar-refractivity contribution is 0.0562. The number of furan rings is 1. The van der Waals surface area contributed by atoms with Gasteiger partial charge in [0.25, 0.3) is 0 Å². The van der Waals surface area contributed by atoms with Gasteiger partial charge in [0.2, 0.25) is 5.76 Å². The standard InChI is InChI=1S/C15H17NO4/c1-9-4-5-11(18-2)10(8-9)14(16)12-6-7-13(20-12)15(17)19-3/h4-8,14H,16H2,1-3H3. The Labute approximate surface area is 117 Å². The van der Waals surface area contributed by atoms with Crippen molar-refractivity contribution in [2.75, 3.05) is 14.2 Å². The number of esters is 1. The van der Waals surface area contributed by atoms with Crippen molar-refractivity contribution in [2.24, 2.45) is 5.73 Å². The van der Waals surface area contributed by atoms with Crippen LogP contribution in [0.25, 0.3) is 0 Å². The Kier molecular flexibility index (Phi) is 4.10. The normalized spacial score (nSPS) is 12.0. The van der Waals surface area contributed by atoms with Crippen LogP contribution < -0.4 is 10.5 Å². The molecule has 5 heteroatoms. The second kappa shape index (κ2) is 5.79. The summed E-state index contributed by atoms with van der Waals surface area (Å²) in [5.41, 5.74) is 8.06. The molecule has 5 nitrogen and oxygen atoms in total. The van der Waals surface area contributed by atoms with Crippen molar-refractivity contribution < 1.29 is 18.7 Å². The molecule has 0 saturated carbocycles. The highest BCUT2D eigenvalue weighted by atomic mass is 16.5. The minimum atomic E-state index is -0.528. The van der Waals surface area contributed by atoms with Gasteiger partial charge in [-0.2, -0.15) is 0 Å². The molecule has 0 aliphatic carbocycles. The molecular weight excluding hydrogens is 258 g/mol. The van der Waals surface area contributed by atoms with E-state index in [9.17, 15) is 4.79 Å². The summed E-state index contributed by atoms with van der Waals surface area (Å²) in [6, 6.07) is 8.43. The molecule has 2 N–H and O–H groups in total. The lowest BCUT2D eigenvalue weighted by Crippen LogP contribution is -2.12. The van der Waals surface area contributed by atoms with Gasteiger partial charge < -0.3 is 19.6 Å². The Balaban J connectivity index is 2.36. The number of nitrogens with two attached hydrogens (primary N) is 1. The molecule has 1 aromatic carbocycles. The molecule has 1 unspecified atom stereocenters. The number of aryl methyl sites for hydroxylation is 1. The van der Waals surface area contributed by atoms with Gasteiger partial charge in [-0.1, -0.05) is 17.7 Å². The number of hydrogen-bond acceptors (Lipinski definition) is 5. The van der Waals surface area contributed by atoms with E-state index in [0.717, 1.165) is 11.1 Å². The molecule has 0 radical (unpaired) electrons. The van der Waals surface area contributed by atoms with Gasteiger partial charge >= 0.3 is 5.97 Å². The number of ether oxygens (including phenoxy) is 2. The van der Waals surface area contributed by atoms with Crippen LogP contribution in [-0.4, -0.2) is 20.2 Å². The highest BCUT2D eigenvalue weighted by Crippen LogP contribution is 2.30. The molecule has 1 heterocycles. The Morgan fingerprint density at radius 3 is 2.65 bits per heavy atom. The molecule has 0 amide bonds. The van der Waals surface area contributed by atoms with Crippen molar-refractivity contribution in [1.82, 2.24) is 0 Å². The molecular formula is C15H17NO4. The molecule has 2 rings (SSSR count). The quantitative estimate of drug-likeness (QED) is 0.867. The first kappa shape index (κ1) is 14.1. The number of carbonyl (C=O) groups excluding carboxylic acids is 1. The number of methoxy groups -OCH3 is 2. The molecule has 1 atom stereocenters. The largest absolute Gasteiger partial charge is 0.496 e. The number of carbonyl (C=O) groups is 1. The van der Waals surface area contributed by atoms with E-state index in [2.05, 4.69) is 4.74 Å². The zero-order chi connectivity index (χ0) is 14.7. The van der Waals surface area contributed by atoms with Crippen molar-refractivity contribution in [2.45, 2.75) is 13.0 Å². The van der Waals surface area contributed by atoms with Crippen LogP contribution >= 0.6 is 0 Å². The smallest absolute Gasteiger partial charge is 0.373 e. The second-order valence-corrected chi connectivity index (χ2v) is 4.42. The maximum absolute atomic E-state index is 11.4. The zero-order valence-electron chi connectivity index (χ0n) is 11.7. The molecule has 106 valence electrons. The van der Waals surface area contributed by atoms with Crippen LogP contribution in [0.1, 0.15) is 33.5 Å². The van der Waals surface area contributed by atoms with Crippen LogP contribution in [0.5, 0.6) is 5.75 Å². The Morgan fingerprint density at radius 2 is 2.00 bits per heavy atom. The Hall–Kier alpha value is -2.27. The Morgan fingerprint density at radius 1 is 1.25 bits per heavy atom. The summed E-state index contributed by atoms with van der Waals surface area (Å²) in [6.45, 7) is 1.97. The fourth-order valence-corrected chi connectivity index (χ4v) is 1.98. The van der Waals surface area contributed by atoms with E-state index in [-0.39, 0.29) is 5.76 Å². The summed E-state index contributed by atoms with van der Waals surface area (Å²) < 4.78 is 15.3. The van der Waals surface area contributed by atoms with Gasteiger partial charge in [0.15, 0.2) is 0 Å². The van der Waals surface area contributed by atoms with Gasteiger partial charge in [0.05, 0.1) is 20.3 Å². The highest BCUT2D eigenvalue weighted by Gasteiger charge is 2.20. The highest BCUT2D eigenvalue weighted by molar-refractivity contribution is 5.86. The van der Waals surface area contributed by atoms with Crippen LogP contribution in [0.3, 0.4) is 0 Å². The van der Waals surface area contributed by atoms with E-state index in [1.807, 2.05) is 25.1 Å². The van der Waals surface area contributed by atoms with Crippen molar-refractivity contribution in [3.63, 3.8) is 0 Å². The van der Waals surface area contributed by atoms with E-state index in [0.29, 0.717) is 11.5 Å². The topological polar surface area (TPSA) is 74.7 Å². The summed E-state index contributed by atoms with van der Waals surface area (Å²) in [5.74, 6) is 0.762. The minimum absolute atomic E-state index is 0.129. The van der Waals surface area contributed by atoms with Crippen molar-refractivity contribution in [3.05, 3.63) is 53.0 Å². The van der Waals surface area contributed by atoms with Gasteiger partial charge in [0, 0.05) is 5.56 Å². The maximum Gasteiger partial charge on any atom is 0.373 e. The van der Waals surface area contributed by atoms with Gasteiger partial charge in [-0.3, -0.25) is 0 Å². The van der Waals surface area contributed by atoms with Crippen LogP contribution in [0.4, 0.5) is 0 Å². The summed E-state index contributed by atoms with van der Waals surface area (Å²) in [5, 5.41) is 0. The van der Waals surface area contributed by atoms with Crippen LogP contribution in [0.2, 0.25) is 0 Å². The number of benzene rings is 1. The number of rotatable bonds is 4. The first-order valence-corrected chi connectivity index (χ1v) is 6.15. The van der Waals surface area contributed by atoms with Gasteiger partial charge in [-0.05, 0) is 25.1 Å². The number of hydrogen-bond donors (Lipinski definition) is 1. The van der Waals surface area contributed by atoms with Gasteiger partial charge in [-0.25, -0.2) is 4.79 Å². The fourth-order valence-electron chi connectivity index (χ4n) is 1.98. The lowest BCUT2D eigenvalue weighted by atomic mass is 10.0. The first-order valence-electron chi connectivity index (χ1n) is 6.15. The molecule has 20 heavy (non-hydrogen) atoms. The van der Waals surface area contributed by atoms with Crippen LogP contribution in [-0.2, 0) is 4.74 Å². The molecule has 1 aromatic heterocycles. The maximum atomic E-state index is 11.4. The van der Waals surface area contributed by atoms with Crippen molar-refractivity contribution >= 4 is 5.97 Å². The first-order chi connectivity index (χ1) is 9.56. The predicted molar refractivity (Wildman–Crippen MR) is 73.8 cm³/mol. The minimum Gasteiger partial charge on any atom is -0.496 e. The van der Waals surface area contributed by atoms with E-state index in [4.69, 9.17) is 14.9 Å². The fraction of sp³-hybridized carbons (Fsp3) is 0.267. The average molecular weight is 275 g/mol. The molecule has 0 spiro atoms. The third kappa shape index (κ3) is 2.67. The summed E-state index contributed by atoms with van der Waals surface area (Å²) in [6.07, 6.45) is 0. The van der Waals surface area contributed by atoms with Gasteiger partial charge in [0.1, 0.15) is 11.5 Å². The van der Waals surface area contributed by atoms with Crippen LogP contribution in [0, 0.1) is 6.92 Å².